The van der Waals surface area contributed by atoms with E-state index in [4.69, 9.17) is 5.73 Å². The van der Waals surface area contributed by atoms with Gasteiger partial charge < -0.3 is 5.73 Å². The summed E-state index contributed by atoms with van der Waals surface area (Å²) in [7, 11) is 0. The molecule has 0 atom stereocenters. The molecule has 2 N–H and O–H groups in total. The molecule has 1 aromatic rings. The van der Waals surface area contributed by atoms with Crippen LogP contribution in [0.3, 0.4) is 0 Å². The van der Waals surface area contributed by atoms with Gasteiger partial charge in [-0.2, -0.15) is 12.6 Å². The molecule has 0 aliphatic rings. The van der Waals surface area contributed by atoms with Crippen LogP contribution in [0.1, 0.15) is 16.7 Å². The molecule has 0 saturated heterocycles. The molecule has 0 radical (unpaired) electrons. The van der Waals surface area contributed by atoms with Crippen molar-refractivity contribution in [3.8, 4) is 0 Å². The molecule has 0 fully saturated rings. The first-order valence-electron chi connectivity index (χ1n) is 4.54. The predicted molar refractivity (Wildman–Crippen MR) is 67.8 cm³/mol. The van der Waals surface area contributed by atoms with Gasteiger partial charge in [-0.1, -0.05) is 41.5 Å². The summed E-state index contributed by atoms with van der Waals surface area (Å²) in [6, 6.07) is 6.56. The van der Waals surface area contributed by atoms with E-state index in [9.17, 15) is 0 Å². The average molecular weight is 209 g/mol. The Bertz CT molecular complexity index is 255. The molecule has 2 heteroatoms. The molecule has 1 aromatic carbocycles. The summed E-state index contributed by atoms with van der Waals surface area (Å²) in [5.74, 6) is 0.583. The second-order valence-electron chi connectivity index (χ2n) is 3.48. The molecule has 1 rings (SSSR count). The maximum atomic E-state index is 5.02. The molecule has 0 amide bonds. The lowest BCUT2D eigenvalue weighted by atomic mass is 10.1. The molecule has 1 nitrogen and oxygen atoms in total. The highest BCUT2D eigenvalue weighted by Crippen LogP contribution is 2.06. The van der Waals surface area contributed by atoms with Crippen molar-refractivity contribution < 1.29 is 0 Å². The van der Waals surface area contributed by atoms with Crippen LogP contribution in [0.4, 0.5) is 0 Å². The van der Waals surface area contributed by atoms with Crippen LogP contribution >= 0.6 is 12.6 Å². The third-order valence-electron chi connectivity index (χ3n) is 1.57. The van der Waals surface area contributed by atoms with Gasteiger partial charge in [0.1, 0.15) is 0 Å². The SMILES string of the molecule is C=C(N)CS.Cc1cc(C)cc(C)c1. The van der Waals surface area contributed by atoms with Gasteiger partial charge >= 0.3 is 0 Å². The molecule has 0 saturated carbocycles. The first-order valence-corrected chi connectivity index (χ1v) is 5.18. The zero-order valence-electron chi connectivity index (χ0n) is 9.17. The average Bonchev–Trinajstić information content (AvgIpc) is 2.02. The highest BCUT2D eigenvalue weighted by molar-refractivity contribution is 7.80. The second kappa shape index (κ2) is 6.55. The van der Waals surface area contributed by atoms with E-state index in [1.54, 1.807) is 0 Å². The third kappa shape index (κ3) is 6.61. The summed E-state index contributed by atoms with van der Waals surface area (Å²) in [5.41, 5.74) is 9.70. The Morgan fingerprint density at radius 3 is 1.50 bits per heavy atom. The smallest absolute Gasteiger partial charge is 0.0294 e. The first kappa shape index (κ1) is 13.1. The van der Waals surface area contributed by atoms with E-state index in [1.165, 1.54) is 16.7 Å². The van der Waals surface area contributed by atoms with Gasteiger partial charge in [0.25, 0.3) is 0 Å². The number of thiol groups is 1. The lowest BCUT2D eigenvalue weighted by Gasteiger charge is -1.96. The summed E-state index contributed by atoms with van der Waals surface area (Å²) in [5, 5.41) is 0. The van der Waals surface area contributed by atoms with Crippen molar-refractivity contribution >= 4 is 12.6 Å². The summed E-state index contributed by atoms with van der Waals surface area (Å²) >= 11 is 3.79. The number of benzene rings is 1. The van der Waals surface area contributed by atoms with E-state index in [0.29, 0.717) is 11.4 Å². The van der Waals surface area contributed by atoms with Crippen molar-refractivity contribution in [1.29, 1.82) is 0 Å². The number of hydrogen-bond acceptors (Lipinski definition) is 2. The van der Waals surface area contributed by atoms with Crippen molar-refractivity contribution in [3.63, 3.8) is 0 Å². The number of rotatable bonds is 1. The molecule has 0 heterocycles. The minimum atomic E-state index is 0.583. The molecule has 0 aliphatic heterocycles. The van der Waals surface area contributed by atoms with Crippen molar-refractivity contribution in [2.75, 3.05) is 5.75 Å². The van der Waals surface area contributed by atoms with Crippen LogP contribution in [0.2, 0.25) is 0 Å². The quantitative estimate of drug-likeness (QED) is 0.683. The minimum absolute atomic E-state index is 0.583. The van der Waals surface area contributed by atoms with Gasteiger partial charge in [0.15, 0.2) is 0 Å². The van der Waals surface area contributed by atoms with Gasteiger partial charge in [0.05, 0.1) is 0 Å². The fourth-order valence-electron chi connectivity index (χ4n) is 1.20. The molecule has 14 heavy (non-hydrogen) atoms. The van der Waals surface area contributed by atoms with Gasteiger partial charge in [-0.25, -0.2) is 0 Å². The van der Waals surface area contributed by atoms with E-state index in [-0.39, 0.29) is 0 Å². The summed E-state index contributed by atoms with van der Waals surface area (Å²) in [6.45, 7) is 9.75. The summed E-state index contributed by atoms with van der Waals surface area (Å²) in [6.07, 6.45) is 0. The Labute approximate surface area is 92.4 Å². The van der Waals surface area contributed by atoms with Crippen molar-refractivity contribution in [2.24, 2.45) is 5.73 Å². The molecular weight excluding hydrogens is 190 g/mol. The van der Waals surface area contributed by atoms with Crippen molar-refractivity contribution in [2.45, 2.75) is 20.8 Å². The topological polar surface area (TPSA) is 26.0 Å². The van der Waals surface area contributed by atoms with E-state index < -0.39 is 0 Å². The van der Waals surface area contributed by atoms with E-state index in [0.717, 1.165) is 0 Å². The first-order chi connectivity index (χ1) is 6.45. The highest BCUT2D eigenvalue weighted by atomic mass is 32.1. The van der Waals surface area contributed by atoms with Gasteiger partial charge in [0, 0.05) is 11.4 Å². The van der Waals surface area contributed by atoms with Gasteiger partial charge in [0.2, 0.25) is 0 Å². The van der Waals surface area contributed by atoms with Crippen LogP contribution in [0.5, 0.6) is 0 Å². The molecule has 0 aliphatic carbocycles. The normalized spacial score (nSPS) is 8.86. The molecule has 0 unspecified atom stereocenters. The maximum Gasteiger partial charge on any atom is 0.0294 e. The fraction of sp³-hybridized carbons (Fsp3) is 0.333. The summed E-state index contributed by atoms with van der Waals surface area (Å²) in [4.78, 5) is 0. The van der Waals surface area contributed by atoms with Crippen LogP contribution in [0.25, 0.3) is 0 Å². The molecular formula is C12H19NS. The zero-order chi connectivity index (χ0) is 11.1. The van der Waals surface area contributed by atoms with Crippen LogP contribution < -0.4 is 5.73 Å². The van der Waals surface area contributed by atoms with Crippen molar-refractivity contribution in [1.82, 2.24) is 0 Å². The predicted octanol–water partition coefficient (Wildman–Crippen LogP) is 3.00. The lowest BCUT2D eigenvalue weighted by molar-refractivity contribution is 1.32. The molecule has 78 valence electrons. The van der Waals surface area contributed by atoms with Gasteiger partial charge in [-0.15, -0.1) is 0 Å². The second-order valence-corrected chi connectivity index (χ2v) is 3.80. The lowest BCUT2D eigenvalue weighted by Crippen LogP contribution is -1.93. The largest absolute Gasteiger partial charge is 0.402 e. The monoisotopic (exact) mass is 209 g/mol. The Balaban J connectivity index is 0.000000292. The van der Waals surface area contributed by atoms with Gasteiger partial charge in [-0.3, -0.25) is 0 Å². The van der Waals surface area contributed by atoms with Crippen LogP contribution in [0.15, 0.2) is 30.5 Å². The standard InChI is InChI=1S/C9H12.C3H7NS/c1-7-4-8(2)6-9(3)5-7;1-3(4)2-5/h4-6H,1-3H3;5H,1-2,4H2. The van der Waals surface area contributed by atoms with Gasteiger partial charge in [-0.05, 0) is 20.8 Å². The Kier molecular flexibility index (Phi) is 6.13. The van der Waals surface area contributed by atoms with Crippen molar-refractivity contribution in [3.05, 3.63) is 47.2 Å². The number of nitrogens with two attached hydrogens (primary N) is 1. The Morgan fingerprint density at radius 1 is 1.14 bits per heavy atom. The van der Waals surface area contributed by atoms with Crippen LogP contribution in [-0.4, -0.2) is 5.75 Å². The third-order valence-corrected chi connectivity index (χ3v) is 1.98. The van der Waals surface area contributed by atoms with Crippen LogP contribution in [-0.2, 0) is 0 Å². The maximum absolute atomic E-state index is 5.02. The number of aryl methyl sites for hydroxylation is 3. The van der Waals surface area contributed by atoms with E-state index in [2.05, 4.69) is 58.2 Å². The van der Waals surface area contributed by atoms with Crippen LogP contribution in [0, 0.1) is 20.8 Å². The molecule has 0 bridgehead atoms. The Hall–Kier alpha value is -0.890. The van der Waals surface area contributed by atoms with E-state index in [1.807, 2.05) is 0 Å². The van der Waals surface area contributed by atoms with E-state index >= 15 is 0 Å². The Morgan fingerprint density at radius 2 is 1.36 bits per heavy atom. The number of hydrogen-bond donors (Lipinski definition) is 2. The zero-order valence-corrected chi connectivity index (χ0v) is 10.1. The molecule has 0 spiro atoms. The fourth-order valence-corrected chi connectivity index (χ4v) is 1.20. The molecule has 0 aromatic heterocycles. The highest BCUT2D eigenvalue weighted by Gasteiger charge is 1.87. The summed E-state index contributed by atoms with van der Waals surface area (Å²) < 4.78 is 0. The minimum Gasteiger partial charge on any atom is -0.402 e.